The van der Waals surface area contributed by atoms with E-state index in [1.54, 1.807) is 30.6 Å². The quantitative estimate of drug-likeness (QED) is 0.197. The molecule has 0 N–H and O–H groups in total. The molecule has 3 atom stereocenters. The first-order chi connectivity index (χ1) is 23.8. The zero-order valence-electron chi connectivity index (χ0n) is 27.0. The summed E-state index contributed by atoms with van der Waals surface area (Å²) in [5, 5.41) is 16.6. The summed E-state index contributed by atoms with van der Waals surface area (Å²) in [6.07, 6.45) is 6.80. The van der Waals surface area contributed by atoms with E-state index in [-0.39, 0.29) is 37.6 Å². The van der Waals surface area contributed by atoms with Gasteiger partial charge in [0.15, 0.2) is 0 Å². The van der Waals surface area contributed by atoms with Crippen molar-refractivity contribution >= 4 is 34.8 Å². The Bertz CT molecular complexity index is 1910. The summed E-state index contributed by atoms with van der Waals surface area (Å²) in [7, 11) is 0. The Hall–Kier alpha value is -4.57. The standard InChI is InChI=1S/C32H35Cl2N11O4/c1-3-22(2)45-31(46)44(21-38-45)25-15-35-30(36-16-25)42-12-10-41(11-13-42)24-5-7-26(8-6-24)47-17-27-18-48-32(49-27,19-43-20-37-39-40-43)28-9-4-23(33)14-29(28)34/h4-9,14-16,20-22,27H,3,10-13,17-19H2,1-2H3/t22?,27-,32-/m1/s1. The average Bonchev–Trinajstić information content (AvgIpc) is 3.88. The minimum absolute atomic E-state index is 0.0221. The Balaban J connectivity index is 0.925. The molecule has 0 radical (unpaired) electrons. The monoisotopic (exact) mass is 707 g/mol. The fourth-order valence-corrected chi connectivity index (χ4v) is 6.45. The van der Waals surface area contributed by atoms with Gasteiger partial charge in [-0.3, -0.25) is 0 Å². The summed E-state index contributed by atoms with van der Waals surface area (Å²) in [6.45, 7) is 7.86. The van der Waals surface area contributed by atoms with Gasteiger partial charge in [-0.1, -0.05) is 36.2 Å². The Labute approximate surface area is 291 Å². The van der Waals surface area contributed by atoms with Gasteiger partial charge in [0.05, 0.1) is 35.8 Å². The lowest BCUT2D eigenvalue weighted by Gasteiger charge is -2.36. The molecule has 0 spiro atoms. The smallest absolute Gasteiger partial charge is 0.350 e. The summed E-state index contributed by atoms with van der Waals surface area (Å²) in [6, 6.07) is 13.2. The SMILES string of the molecule is CCC(C)n1ncn(-c2cnc(N3CCN(c4ccc(OC[C@@H]5CO[C@@](Cn6cnnn6)(c6ccc(Cl)cc6Cl)O5)cc4)CC3)nc2)c1=O. The van der Waals surface area contributed by atoms with Crippen LogP contribution in [0, 0.1) is 0 Å². The van der Waals surface area contributed by atoms with Gasteiger partial charge in [-0.05, 0) is 60.2 Å². The Morgan fingerprint density at radius 1 is 1.00 bits per heavy atom. The summed E-state index contributed by atoms with van der Waals surface area (Å²) in [5.41, 5.74) is 2.12. The van der Waals surface area contributed by atoms with Crippen molar-refractivity contribution in [1.29, 1.82) is 0 Å². The minimum Gasteiger partial charge on any atom is -0.491 e. The number of benzene rings is 2. The van der Waals surface area contributed by atoms with Crippen molar-refractivity contribution in [2.75, 3.05) is 49.2 Å². The Morgan fingerprint density at radius 3 is 2.45 bits per heavy atom. The van der Waals surface area contributed by atoms with Gasteiger partial charge in [-0.2, -0.15) is 5.10 Å². The van der Waals surface area contributed by atoms with Crippen molar-refractivity contribution in [3.63, 3.8) is 0 Å². The third-order valence-electron chi connectivity index (χ3n) is 8.77. The second kappa shape index (κ2) is 14.1. The van der Waals surface area contributed by atoms with Crippen LogP contribution in [0.4, 0.5) is 11.6 Å². The molecule has 2 aliphatic heterocycles. The van der Waals surface area contributed by atoms with Crippen molar-refractivity contribution in [3.05, 3.63) is 93.6 Å². The van der Waals surface area contributed by atoms with Crippen molar-refractivity contribution in [3.8, 4) is 11.4 Å². The molecule has 49 heavy (non-hydrogen) atoms. The maximum absolute atomic E-state index is 12.7. The lowest BCUT2D eigenvalue weighted by molar-refractivity contribution is -0.190. The van der Waals surface area contributed by atoms with Gasteiger partial charge < -0.3 is 24.0 Å². The van der Waals surface area contributed by atoms with E-state index in [1.165, 1.54) is 26.6 Å². The highest BCUT2D eigenvalue weighted by Gasteiger charge is 2.45. The van der Waals surface area contributed by atoms with Crippen LogP contribution in [0.2, 0.25) is 10.0 Å². The Morgan fingerprint density at radius 2 is 1.76 bits per heavy atom. The van der Waals surface area contributed by atoms with Gasteiger partial charge in [0, 0.05) is 42.5 Å². The minimum atomic E-state index is -1.21. The molecule has 0 aliphatic carbocycles. The maximum atomic E-state index is 12.7. The fraction of sp³-hybridized carbons (Fsp3) is 0.406. The van der Waals surface area contributed by atoms with Crippen LogP contribution in [0.3, 0.4) is 0 Å². The summed E-state index contributed by atoms with van der Waals surface area (Å²) in [4.78, 5) is 26.3. The highest BCUT2D eigenvalue weighted by molar-refractivity contribution is 6.35. The molecule has 0 bridgehead atoms. The molecule has 5 heterocycles. The van der Waals surface area contributed by atoms with E-state index in [0.29, 0.717) is 27.2 Å². The van der Waals surface area contributed by atoms with Crippen molar-refractivity contribution in [2.45, 2.75) is 44.7 Å². The molecule has 2 fully saturated rings. The van der Waals surface area contributed by atoms with Crippen LogP contribution in [0.5, 0.6) is 5.75 Å². The van der Waals surface area contributed by atoms with Gasteiger partial charge in [0.2, 0.25) is 11.7 Å². The van der Waals surface area contributed by atoms with Gasteiger partial charge in [-0.25, -0.2) is 28.7 Å². The second-order valence-electron chi connectivity index (χ2n) is 11.9. The van der Waals surface area contributed by atoms with Gasteiger partial charge >= 0.3 is 5.69 Å². The number of rotatable bonds is 11. The molecular weight excluding hydrogens is 673 g/mol. The van der Waals surface area contributed by atoms with Crippen LogP contribution in [0.15, 0.2) is 72.3 Å². The van der Waals surface area contributed by atoms with E-state index in [4.69, 9.17) is 37.4 Å². The normalized spacial score (nSPS) is 20.1. The van der Waals surface area contributed by atoms with E-state index >= 15 is 0 Å². The number of tetrazole rings is 1. The molecule has 2 aliphatic rings. The lowest BCUT2D eigenvalue weighted by atomic mass is 10.1. The molecule has 0 saturated carbocycles. The van der Waals surface area contributed by atoms with Gasteiger partial charge in [-0.15, -0.1) is 5.10 Å². The molecule has 2 saturated heterocycles. The first kappa shape index (κ1) is 33.0. The largest absolute Gasteiger partial charge is 0.491 e. The zero-order chi connectivity index (χ0) is 34.0. The van der Waals surface area contributed by atoms with Crippen LogP contribution in [-0.2, 0) is 21.8 Å². The number of aromatic nitrogens is 9. The van der Waals surface area contributed by atoms with E-state index in [9.17, 15) is 4.79 Å². The predicted octanol–water partition coefficient (Wildman–Crippen LogP) is 3.76. The predicted molar refractivity (Wildman–Crippen MR) is 182 cm³/mol. The van der Waals surface area contributed by atoms with E-state index in [1.807, 2.05) is 26.0 Å². The van der Waals surface area contributed by atoms with Crippen LogP contribution >= 0.6 is 23.2 Å². The molecule has 2 aromatic carbocycles. The number of anilines is 2. The third-order valence-corrected chi connectivity index (χ3v) is 9.32. The second-order valence-corrected chi connectivity index (χ2v) is 12.8. The average molecular weight is 709 g/mol. The molecule has 0 amide bonds. The number of ether oxygens (including phenoxy) is 3. The van der Waals surface area contributed by atoms with Gasteiger partial charge in [0.25, 0.3) is 0 Å². The summed E-state index contributed by atoms with van der Waals surface area (Å²) >= 11 is 12.7. The summed E-state index contributed by atoms with van der Waals surface area (Å²) in [5.74, 6) is 0.143. The molecule has 5 aromatic rings. The molecule has 3 aromatic heterocycles. The topological polar surface area (TPSA) is 143 Å². The lowest BCUT2D eigenvalue weighted by Crippen LogP contribution is -2.47. The number of hydrogen-bond acceptors (Lipinski definition) is 12. The highest BCUT2D eigenvalue weighted by Crippen LogP contribution is 2.40. The first-order valence-corrected chi connectivity index (χ1v) is 16.8. The van der Waals surface area contributed by atoms with Crippen molar-refractivity contribution < 1.29 is 14.2 Å². The van der Waals surface area contributed by atoms with E-state index < -0.39 is 5.79 Å². The molecule has 15 nitrogen and oxygen atoms in total. The zero-order valence-corrected chi connectivity index (χ0v) is 28.5. The number of piperazine rings is 1. The van der Waals surface area contributed by atoms with Crippen LogP contribution in [-0.4, -0.2) is 90.0 Å². The van der Waals surface area contributed by atoms with Gasteiger partial charge in [0.1, 0.15) is 37.7 Å². The van der Waals surface area contributed by atoms with Crippen LogP contribution < -0.4 is 20.2 Å². The van der Waals surface area contributed by atoms with Crippen LogP contribution in [0.1, 0.15) is 31.9 Å². The fourth-order valence-electron chi connectivity index (χ4n) is 5.90. The molecule has 1 unspecified atom stereocenters. The van der Waals surface area contributed by atoms with Crippen molar-refractivity contribution in [1.82, 2.24) is 44.5 Å². The van der Waals surface area contributed by atoms with E-state index in [2.05, 4.69) is 52.5 Å². The molecule has 7 rings (SSSR count). The Kier molecular flexibility index (Phi) is 9.49. The first-order valence-electron chi connectivity index (χ1n) is 16.0. The third kappa shape index (κ3) is 6.97. The van der Waals surface area contributed by atoms with Crippen molar-refractivity contribution in [2.24, 2.45) is 0 Å². The maximum Gasteiger partial charge on any atom is 0.350 e. The highest BCUT2D eigenvalue weighted by atomic mass is 35.5. The molecular formula is C32H35Cl2N11O4. The number of nitrogens with zero attached hydrogens (tertiary/aromatic N) is 11. The number of halogens is 2. The molecule has 256 valence electrons. The van der Waals surface area contributed by atoms with E-state index in [0.717, 1.165) is 44.0 Å². The summed E-state index contributed by atoms with van der Waals surface area (Å²) < 4.78 is 23.3. The van der Waals surface area contributed by atoms with Crippen LogP contribution in [0.25, 0.3) is 5.69 Å². The number of hydrogen-bond donors (Lipinski definition) is 0. The molecule has 17 heteroatoms.